The molecule has 1 aliphatic heterocycles. The van der Waals surface area contributed by atoms with Crippen LogP contribution in [0.1, 0.15) is 52.2 Å². The lowest BCUT2D eigenvalue weighted by molar-refractivity contribution is 0.625. The van der Waals surface area contributed by atoms with E-state index in [4.69, 9.17) is 0 Å². The number of benzene rings is 1. The lowest BCUT2D eigenvalue weighted by Gasteiger charge is -2.35. The highest BCUT2D eigenvalue weighted by Gasteiger charge is 2.18. The molecule has 0 N–H and O–H groups in total. The standard InChI is InChI=1S/C14H21N.C2H6/c1-4-12-7-8-13-6-5-9-15(11(2)3)14(13)10-12;1-2/h7-8,10-11H,4-6,9H2,1-3H3;1-2H3. The highest BCUT2D eigenvalue weighted by Crippen LogP contribution is 2.29. The molecule has 1 aliphatic rings. The van der Waals surface area contributed by atoms with Crippen molar-refractivity contribution in [1.29, 1.82) is 0 Å². The number of rotatable bonds is 2. The van der Waals surface area contributed by atoms with E-state index in [2.05, 4.69) is 43.9 Å². The van der Waals surface area contributed by atoms with E-state index in [1.54, 1.807) is 0 Å². The van der Waals surface area contributed by atoms with Gasteiger partial charge < -0.3 is 4.90 Å². The van der Waals surface area contributed by atoms with E-state index in [1.807, 2.05) is 13.8 Å². The maximum atomic E-state index is 2.54. The Balaban J connectivity index is 0.000000686. The molecule has 2 rings (SSSR count). The molecular formula is C16H27N. The van der Waals surface area contributed by atoms with Crippen molar-refractivity contribution >= 4 is 5.69 Å². The molecule has 17 heavy (non-hydrogen) atoms. The summed E-state index contributed by atoms with van der Waals surface area (Å²) >= 11 is 0. The normalized spacial score (nSPS) is 14.1. The Morgan fingerprint density at radius 2 is 1.94 bits per heavy atom. The summed E-state index contributed by atoms with van der Waals surface area (Å²) in [6.45, 7) is 12.0. The molecule has 0 saturated heterocycles. The second-order valence-corrected chi connectivity index (χ2v) is 4.71. The maximum absolute atomic E-state index is 2.54. The fourth-order valence-electron chi connectivity index (χ4n) is 2.40. The maximum Gasteiger partial charge on any atom is 0.0403 e. The number of fused-ring (bicyclic) bond motifs is 1. The van der Waals surface area contributed by atoms with Crippen LogP contribution in [0.5, 0.6) is 0 Å². The summed E-state index contributed by atoms with van der Waals surface area (Å²) in [6, 6.07) is 7.61. The van der Waals surface area contributed by atoms with Crippen LogP contribution in [0.2, 0.25) is 0 Å². The molecule has 1 heteroatoms. The van der Waals surface area contributed by atoms with Crippen molar-refractivity contribution in [2.75, 3.05) is 11.4 Å². The lowest BCUT2D eigenvalue weighted by Crippen LogP contribution is -2.35. The summed E-state index contributed by atoms with van der Waals surface area (Å²) in [5.74, 6) is 0. The van der Waals surface area contributed by atoms with E-state index in [1.165, 1.54) is 36.2 Å². The minimum absolute atomic E-state index is 0.621. The van der Waals surface area contributed by atoms with Crippen LogP contribution in [0.3, 0.4) is 0 Å². The van der Waals surface area contributed by atoms with Crippen LogP contribution in [-0.2, 0) is 12.8 Å². The Hall–Kier alpha value is -0.980. The molecule has 0 saturated carbocycles. The monoisotopic (exact) mass is 233 g/mol. The number of nitrogens with zero attached hydrogens (tertiary/aromatic N) is 1. The van der Waals surface area contributed by atoms with E-state index in [-0.39, 0.29) is 0 Å². The van der Waals surface area contributed by atoms with Crippen LogP contribution in [-0.4, -0.2) is 12.6 Å². The quantitative estimate of drug-likeness (QED) is 0.730. The van der Waals surface area contributed by atoms with E-state index >= 15 is 0 Å². The van der Waals surface area contributed by atoms with Gasteiger partial charge in [-0.3, -0.25) is 0 Å². The number of hydrogen-bond donors (Lipinski definition) is 0. The van der Waals surface area contributed by atoms with Crippen LogP contribution in [0, 0.1) is 0 Å². The van der Waals surface area contributed by atoms with Crippen molar-refractivity contribution in [3.8, 4) is 0 Å². The SMILES string of the molecule is CC.CCc1ccc2c(c1)N(C(C)C)CCC2. The van der Waals surface area contributed by atoms with Crippen LogP contribution in [0.4, 0.5) is 5.69 Å². The van der Waals surface area contributed by atoms with Gasteiger partial charge in [0.15, 0.2) is 0 Å². The molecule has 0 bridgehead atoms. The highest BCUT2D eigenvalue weighted by atomic mass is 15.2. The fourth-order valence-corrected chi connectivity index (χ4v) is 2.40. The lowest BCUT2D eigenvalue weighted by atomic mass is 9.98. The molecule has 1 aromatic rings. The van der Waals surface area contributed by atoms with Gasteiger partial charge in [-0.15, -0.1) is 0 Å². The summed E-state index contributed by atoms with van der Waals surface area (Å²) in [5.41, 5.74) is 4.48. The third-order valence-corrected chi connectivity index (χ3v) is 3.34. The van der Waals surface area contributed by atoms with E-state index in [9.17, 15) is 0 Å². The van der Waals surface area contributed by atoms with Gasteiger partial charge in [0.05, 0.1) is 0 Å². The minimum Gasteiger partial charge on any atom is -0.369 e. The summed E-state index contributed by atoms with van der Waals surface area (Å²) < 4.78 is 0. The average Bonchev–Trinajstić information content (AvgIpc) is 2.39. The zero-order chi connectivity index (χ0) is 12.8. The fraction of sp³-hybridized carbons (Fsp3) is 0.625. The Morgan fingerprint density at radius 1 is 1.24 bits per heavy atom. The van der Waals surface area contributed by atoms with Crippen molar-refractivity contribution in [2.24, 2.45) is 0 Å². The molecule has 0 fully saturated rings. The van der Waals surface area contributed by atoms with Crippen molar-refractivity contribution in [3.63, 3.8) is 0 Å². The van der Waals surface area contributed by atoms with Crippen LogP contribution >= 0.6 is 0 Å². The van der Waals surface area contributed by atoms with Gasteiger partial charge in [-0.1, -0.05) is 32.9 Å². The molecule has 0 aromatic heterocycles. The highest BCUT2D eigenvalue weighted by molar-refractivity contribution is 5.57. The van der Waals surface area contributed by atoms with Gasteiger partial charge in [0.1, 0.15) is 0 Å². The predicted molar refractivity (Wildman–Crippen MR) is 78.0 cm³/mol. The third-order valence-electron chi connectivity index (χ3n) is 3.34. The van der Waals surface area contributed by atoms with E-state index in [0.29, 0.717) is 6.04 Å². The van der Waals surface area contributed by atoms with Crippen LogP contribution < -0.4 is 4.90 Å². The van der Waals surface area contributed by atoms with Crippen molar-refractivity contribution in [3.05, 3.63) is 29.3 Å². The summed E-state index contributed by atoms with van der Waals surface area (Å²) in [7, 11) is 0. The zero-order valence-corrected chi connectivity index (χ0v) is 12.1. The van der Waals surface area contributed by atoms with Gasteiger partial charge in [-0.05, 0) is 50.3 Å². The molecule has 0 atom stereocenters. The Labute approximate surface area is 107 Å². The number of aryl methyl sites for hydroxylation is 2. The van der Waals surface area contributed by atoms with Crippen LogP contribution in [0.15, 0.2) is 18.2 Å². The van der Waals surface area contributed by atoms with Gasteiger partial charge in [0.25, 0.3) is 0 Å². The first kappa shape index (κ1) is 14.1. The zero-order valence-electron chi connectivity index (χ0n) is 12.1. The first-order chi connectivity index (χ1) is 8.22. The smallest absolute Gasteiger partial charge is 0.0403 e. The second-order valence-electron chi connectivity index (χ2n) is 4.71. The van der Waals surface area contributed by atoms with Crippen LogP contribution in [0.25, 0.3) is 0 Å². The van der Waals surface area contributed by atoms with Gasteiger partial charge in [-0.2, -0.15) is 0 Å². The Morgan fingerprint density at radius 3 is 2.53 bits per heavy atom. The molecule has 1 nitrogen and oxygen atoms in total. The third kappa shape index (κ3) is 3.24. The molecule has 1 aromatic carbocycles. The largest absolute Gasteiger partial charge is 0.369 e. The first-order valence-electron chi connectivity index (χ1n) is 7.10. The predicted octanol–water partition coefficient (Wildman–Crippen LogP) is 4.44. The Kier molecular flexibility index (Phi) is 5.54. The van der Waals surface area contributed by atoms with Gasteiger partial charge >= 0.3 is 0 Å². The van der Waals surface area contributed by atoms with Crippen molar-refractivity contribution < 1.29 is 0 Å². The molecule has 0 spiro atoms. The molecule has 0 amide bonds. The minimum atomic E-state index is 0.621. The molecular weight excluding hydrogens is 206 g/mol. The molecule has 1 heterocycles. The summed E-state index contributed by atoms with van der Waals surface area (Å²) in [6.07, 6.45) is 3.69. The topological polar surface area (TPSA) is 3.24 Å². The second kappa shape index (κ2) is 6.68. The average molecular weight is 233 g/mol. The Bertz CT molecular complexity index is 341. The van der Waals surface area contributed by atoms with Crippen molar-refractivity contribution in [1.82, 2.24) is 0 Å². The van der Waals surface area contributed by atoms with Crippen molar-refractivity contribution in [2.45, 2.75) is 59.9 Å². The summed E-state index contributed by atoms with van der Waals surface area (Å²) in [4.78, 5) is 2.54. The summed E-state index contributed by atoms with van der Waals surface area (Å²) in [5, 5.41) is 0. The van der Waals surface area contributed by atoms with E-state index in [0.717, 1.165) is 6.42 Å². The van der Waals surface area contributed by atoms with Gasteiger partial charge in [0, 0.05) is 18.3 Å². The molecule has 0 aliphatic carbocycles. The number of hydrogen-bond acceptors (Lipinski definition) is 1. The van der Waals surface area contributed by atoms with Gasteiger partial charge in [-0.25, -0.2) is 0 Å². The molecule has 0 radical (unpaired) electrons. The first-order valence-corrected chi connectivity index (χ1v) is 7.10. The molecule has 0 unspecified atom stereocenters. The molecule has 96 valence electrons. The van der Waals surface area contributed by atoms with E-state index < -0.39 is 0 Å². The van der Waals surface area contributed by atoms with Gasteiger partial charge in [0.2, 0.25) is 0 Å². The number of anilines is 1.